The van der Waals surface area contributed by atoms with E-state index < -0.39 is 11.7 Å². The zero-order chi connectivity index (χ0) is 21.0. The van der Waals surface area contributed by atoms with Crippen LogP contribution in [0.5, 0.6) is 0 Å². The lowest BCUT2D eigenvalue weighted by Gasteiger charge is -2.15. The summed E-state index contributed by atoms with van der Waals surface area (Å²) in [4.78, 5) is 12.7. The van der Waals surface area contributed by atoms with Gasteiger partial charge < -0.3 is 15.7 Å². The van der Waals surface area contributed by atoms with Crippen LogP contribution in [-0.2, 0) is 6.18 Å². The Balaban J connectivity index is 1.99. The highest BCUT2D eigenvalue weighted by Crippen LogP contribution is 2.36. The predicted octanol–water partition coefficient (Wildman–Crippen LogP) is 4.75. The quantitative estimate of drug-likeness (QED) is 0.531. The summed E-state index contributed by atoms with van der Waals surface area (Å²) in [6.07, 6.45) is -1.36. The second-order valence-electron chi connectivity index (χ2n) is 6.25. The van der Waals surface area contributed by atoms with Gasteiger partial charge in [0, 0.05) is 35.8 Å². The summed E-state index contributed by atoms with van der Waals surface area (Å²) in [7, 11) is 0. The van der Waals surface area contributed by atoms with Crippen LogP contribution in [0.2, 0.25) is 5.02 Å². The number of nitrogens with one attached hydrogen (secondary N) is 2. The van der Waals surface area contributed by atoms with Crippen molar-refractivity contribution in [2.45, 2.75) is 19.1 Å². The first-order valence-corrected chi connectivity index (χ1v) is 8.94. The summed E-state index contributed by atoms with van der Waals surface area (Å²) in [5.74, 6) is 0.474. The van der Waals surface area contributed by atoms with Gasteiger partial charge in [-0.2, -0.15) is 18.2 Å². The van der Waals surface area contributed by atoms with Crippen molar-refractivity contribution in [3.8, 4) is 11.3 Å². The summed E-state index contributed by atoms with van der Waals surface area (Å²) < 4.78 is 39.4. The van der Waals surface area contributed by atoms with E-state index in [0.29, 0.717) is 11.3 Å². The molecule has 0 radical (unpaired) electrons. The number of aromatic nitrogens is 3. The first-order valence-electron chi connectivity index (χ1n) is 8.57. The first-order chi connectivity index (χ1) is 13.8. The first kappa shape index (κ1) is 20.8. The topological polar surface area (TPSA) is 83.0 Å². The normalized spacial score (nSPS) is 12.5. The molecule has 2 heterocycles. The number of aliphatic hydroxyl groups is 1. The highest BCUT2D eigenvalue weighted by atomic mass is 35.5. The lowest BCUT2D eigenvalue weighted by atomic mass is 10.2. The number of anilines is 3. The van der Waals surface area contributed by atoms with Crippen LogP contribution < -0.4 is 10.6 Å². The van der Waals surface area contributed by atoms with Gasteiger partial charge in [0.1, 0.15) is 5.82 Å². The minimum absolute atomic E-state index is 0.143. The van der Waals surface area contributed by atoms with Crippen LogP contribution in [0, 0.1) is 0 Å². The maximum absolute atomic E-state index is 13.1. The predicted molar refractivity (Wildman–Crippen MR) is 105 cm³/mol. The Bertz CT molecular complexity index is 985. The number of aliphatic hydroxyl groups excluding tert-OH is 1. The monoisotopic (exact) mass is 423 g/mol. The van der Waals surface area contributed by atoms with E-state index in [2.05, 4.69) is 25.6 Å². The molecule has 6 nitrogen and oxygen atoms in total. The van der Waals surface area contributed by atoms with Gasteiger partial charge in [-0.1, -0.05) is 11.6 Å². The molecule has 0 saturated heterocycles. The third-order valence-corrected chi connectivity index (χ3v) is 4.21. The van der Waals surface area contributed by atoms with E-state index in [0.717, 1.165) is 6.07 Å². The molecule has 0 unspecified atom stereocenters. The van der Waals surface area contributed by atoms with Gasteiger partial charge in [-0.15, -0.1) is 0 Å². The fourth-order valence-corrected chi connectivity index (χ4v) is 2.70. The van der Waals surface area contributed by atoms with Crippen molar-refractivity contribution in [1.82, 2.24) is 15.0 Å². The molecule has 3 N–H and O–H groups in total. The van der Waals surface area contributed by atoms with Gasteiger partial charge in [0.15, 0.2) is 0 Å². The maximum atomic E-state index is 13.1. The number of hydrogen-bond donors (Lipinski definition) is 3. The number of nitrogens with zero attached hydrogens (tertiary/aromatic N) is 3. The molecule has 0 aliphatic carbocycles. The molecule has 1 aromatic carbocycles. The van der Waals surface area contributed by atoms with Gasteiger partial charge in [0.2, 0.25) is 5.95 Å². The molecule has 0 amide bonds. The molecule has 0 spiro atoms. The largest absolute Gasteiger partial charge is 0.417 e. The third kappa shape index (κ3) is 5.33. The van der Waals surface area contributed by atoms with Crippen molar-refractivity contribution in [3.63, 3.8) is 0 Å². The number of hydrogen-bond acceptors (Lipinski definition) is 6. The number of benzene rings is 1. The van der Waals surface area contributed by atoms with Gasteiger partial charge in [0.25, 0.3) is 0 Å². The standard InChI is InChI=1S/C19H17ClF3N5O/c1-11(10-29)25-18-27-16(12-3-2-6-24-9-12)8-17(28-18)26-13-4-5-15(20)14(7-13)19(21,22)23/h2-9,11,29H,10H2,1H3,(H2,25,26,27,28)/t11-/m0/s1. The zero-order valence-corrected chi connectivity index (χ0v) is 16.0. The highest BCUT2D eigenvalue weighted by Gasteiger charge is 2.33. The van der Waals surface area contributed by atoms with Crippen LogP contribution in [0.25, 0.3) is 11.3 Å². The van der Waals surface area contributed by atoms with Crippen LogP contribution in [-0.4, -0.2) is 32.7 Å². The molecule has 3 aromatic rings. The van der Waals surface area contributed by atoms with E-state index in [1.807, 2.05) is 0 Å². The second kappa shape index (κ2) is 8.62. The Morgan fingerprint density at radius 2 is 1.97 bits per heavy atom. The average Bonchev–Trinajstić information content (AvgIpc) is 2.69. The molecule has 10 heteroatoms. The van der Waals surface area contributed by atoms with Crippen molar-refractivity contribution in [3.05, 3.63) is 59.4 Å². The molecular formula is C19H17ClF3N5O. The third-order valence-electron chi connectivity index (χ3n) is 3.88. The van der Waals surface area contributed by atoms with E-state index in [4.69, 9.17) is 11.6 Å². The zero-order valence-electron chi connectivity index (χ0n) is 15.2. The van der Waals surface area contributed by atoms with Crippen LogP contribution in [0.4, 0.5) is 30.6 Å². The van der Waals surface area contributed by atoms with E-state index in [-0.39, 0.29) is 35.1 Å². The van der Waals surface area contributed by atoms with Crippen molar-refractivity contribution >= 4 is 29.1 Å². The number of pyridine rings is 1. The molecule has 1 atom stereocenters. The molecule has 2 aromatic heterocycles. The van der Waals surface area contributed by atoms with Crippen LogP contribution in [0.3, 0.4) is 0 Å². The summed E-state index contributed by atoms with van der Waals surface area (Å²) in [5.41, 5.74) is 0.426. The SMILES string of the molecule is C[C@@H](CO)Nc1nc(Nc2ccc(Cl)c(C(F)(F)F)c2)cc(-c2cccnc2)n1. The Hall–Kier alpha value is -2.91. The Morgan fingerprint density at radius 3 is 2.62 bits per heavy atom. The second-order valence-corrected chi connectivity index (χ2v) is 6.66. The van der Waals surface area contributed by atoms with Crippen molar-refractivity contribution in [2.24, 2.45) is 0 Å². The number of halogens is 4. The number of alkyl halides is 3. The molecule has 0 aliphatic heterocycles. The summed E-state index contributed by atoms with van der Waals surface area (Å²) in [6.45, 7) is 1.59. The summed E-state index contributed by atoms with van der Waals surface area (Å²) in [6, 6.07) is 8.31. The highest BCUT2D eigenvalue weighted by molar-refractivity contribution is 6.31. The minimum Gasteiger partial charge on any atom is -0.394 e. The number of rotatable bonds is 6. The molecule has 0 saturated carbocycles. The van der Waals surface area contributed by atoms with Crippen molar-refractivity contribution in [1.29, 1.82) is 0 Å². The molecular weight excluding hydrogens is 407 g/mol. The lowest BCUT2D eigenvalue weighted by Crippen LogP contribution is -2.21. The summed E-state index contributed by atoms with van der Waals surface area (Å²) >= 11 is 5.67. The molecule has 3 rings (SSSR count). The van der Waals surface area contributed by atoms with E-state index >= 15 is 0 Å². The van der Waals surface area contributed by atoms with Crippen molar-refractivity contribution in [2.75, 3.05) is 17.2 Å². The van der Waals surface area contributed by atoms with E-state index in [9.17, 15) is 18.3 Å². The Kier molecular flexibility index (Phi) is 6.19. The molecule has 152 valence electrons. The lowest BCUT2D eigenvalue weighted by molar-refractivity contribution is -0.137. The Morgan fingerprint density at radius 1 is 1.17 bits per heavy atom. The van der Waals surface area contributed by atoms with Crippen LogP contribution in [0.15, 0.2) is 48.8 Å². The van der Waals surface area contributed by atoms with Crippen LogP contribution in [0.1, 0.15) is 12.5 Å². The smallest absolute Gasteiger partial charge is 0.394 e. The fourth-order valence-electron chi connectivity index (χ4n) is 2.47. The maximum Gasteiger partial charge on any atom is 0.417 e. The average molecular weight is 424 g/mol. The van der Waals surface area contributed by atoms with Gasteiger partial charge in [0.05, 0.1) is 22.9 Å². The molecule has 0 fully saturated rings. The van der Waals surface area contributed by atoms with Gasteiger partial charge in [-0.25, -0.2) is 4.98 Å². The Labute approximate surface area is 169 Å². The van der Waals surface area contributed by atoms with Gasteiger partial charge >= 0.3 is 6.18 Å². The van der Waals surface area contributed by atoms with Crippen LogP contribution >= 0.6 is 11.6 Å². The van der Waals surface area contributed by atoms with Crippen molar-refractivity contribution < 1.29 is 18.3 Å². The van der Waals surface area contributed by atoms with Gasteiger partial charge in [-0.05, 0) is 37.3 Å². The van der Waals surface area contributed by atoms with E-state index in [1.165, 1.54) is 12.1 Å². The summed E-state index contributed by atoms with van der Waals surface area (Å²) in [5, 5.41) is 14.7. The van der Waals surface area contributed by atoms with Gasteiger partial charge in [-0.3, -0.25) is 4.98 Å². The minimum atomic E-state index is -4.58. The fraction of sp³-hybridized carbons (Fsp3) is 0.211. The molecule has 0 bridgehead atoms. The molecule has 29 heavy (non-hydrogen) atoms. The van der Waals surface area contributed by atoms with E-state index in [1.54, 1.807) is 37.5 Å². The molecule has 0 aliphatic rings.